The van der Waals surface area contributed by atoms with Gasteiger partial charge in [0, 0.05) is 11.1 Å². The van der Waals surface area contributed by atoms with E-state index in [1.165, 1.54) is 18.2 Å². The first kappa shape index (κ1) is 20.5. The molecule has 0 radical (unpaired) electrons. The molecule has 6 heteroatoms. The van der Waals surface area contributed by atoms with Crippen LogP contribution in [-0.2, 0) is 19.3 Å². The minimum atomic E-state index is -1.61. The highest BCUT2D eigenvalue weighted by atomic mass is 19.2. The Morgan fingerprint density at radius 2 is 1.43 bits per heavy atom. The summed E-state index contributed by atoms with van der Waals surface area (Å²) in [5.41, 5.74) is 1.36. The van der Waals surface area contributed by atoms with Gasteiger partial charge >= 0.3 is 0 Å². The van der Waals surface area contributed by atoms with Gasteiger partial charge in [-0.3, -0.25) is 0 Å². The van der Waals surface area contributed by atoms with Gasteiger partial charge in [0.25, 0.3) is 0 Å². The zero-order chi connectivity index (χ0) is 21.6. The molecule has 1 atom stereocenters. The zero-order valence-corrected chi connectivity index (χ0v) is 16.1. The molecular formula is C24H18F6. The van der Waals surface area contributed by atoms with Gasteiger partial charge in [-0.15, -0.1) is 0 Å². The van der Waals surface area contributed by atoms with Crippen molar-refractivity contribution in [1.82, 2.24) is 0 Å². The van der Waals surface area contributed by atoms with Crippen LogP contribution in [0.15, 0.2) is 36.4 Å². The highest BCUT2D eigenvalue weighted by molar-refractivity contribution is 5.66. The maximum atomic E-state index is 15.1. The third kappa shape index (κ3) is 3.48. The first-order valence-electron chi connectivity index (χ1n) is 9.73. The molecule has 0 bridgehead atoms. The van der Waals surface area contributed by atoms with E-state index >= 15 is 4.39 Å². The van der Waals surface area contributed by atoms with Crippen LogP contribution in [0.5, 0.6) is 0 Å². The van der Waals surface area contributed by atoms with Crippen molar-refractivity contribution in [2.24, 2.45) is 0 Å². The molecule has 0 N–H and O–H groups in total. The Morgan fingerprint density at radius 3 is 2.03 bits per heavy atom. The Kier molecular flexibility index (Phi) is 5.35. The minimum absolute atomic E-state index is 0.00464. The van der Waals surface area contributed by atoms with E-state index in [1.807, 2.05) is 6.92 Å². The van der Waals surface area contributed by atoms with Crippen molar-refractivity contribution in [1.29, 1.82) is 0 Å². The lowest BCUT2D eigenvalue weighted by Crippen LogP contribution is -2.17. The SMILES string of the molecule is CCc1cc(F)c(C2CCc3c(ccc(-c4cc(F)c(F)c(F)c4)c3F)C2)c(F)c1. The standard InChI is InChI=1S/C24H18F6/c1-2-12-7-18(25)22(19(26)8-12)14-4-6-16-13(9-14)3-5-17(23(16)29)15-10-20(27)24(30)21(28)11-15/h3,5,7-8,10-11,14H,2,4,6,9H2,1H3. The maximum absolute atomic E-state index is 15.1. The van der Waals surface area contributed by atoms with Crippen LogP contribution < -0.4 is 0 Å². The van der Waals surface area contributed by atoms with E-state index in [0.717, 1.165) is 12.1 Å². The molecule has 1 unspecified atom stereocenters. The van der Waals surface area contributed by atoms with Crippen LogP contribution >= 0.6 is 0 Å². The van der Waals surface area contributed by atoms with Gasteiger partial charge in [0.1, 0.15) is 17.5 Å². The zero-order valence-electron chi connectivity index (χ0n) is 16.1. The molecule has 156 valence electrons. The van der Waals surface area contributed by atoms with Gasteiger partial charge in [0.2, 0.25) is 0 Å². The Morgan fingerprint density at radius 1 is 0.800 bits per heavy atom. The number of rotatable bonds is 3. The van der Waals surface area contributed by atoms with E-state index in [1.54, 1.807) is 6.07 Å². The lowest BCUT2D eigenvalue weighted by Gasteiger charge is -2.27. The summed E-state index contributed by atoms with van der Waals surface area (Å²) in [5.74, 6) is -6.71. The largest absolute Gasteiger partial charge is 0.207 e. The second-order valence-corrected chi connectivity index (χ2v) is 7.59. The molecule has 0 aliphatic heterocycles. The van der Waals surface area contributed by atoms with Crippen LogP contribution in [0.1, 0.15) is 41.5 Å². The van der Waals surface area contributed by atoms with Crippen LogP contribution in [-0.4, -0.2) is 0 Å². The van der Waals surface area contributed by atoms with Gasteiger partial charge in [-0.1, -0.05) is 19.1 Å². The topological polar surface area (TPSA) is 0 Å². The van der Waals surface area contributed by atoms with Gasteiger partial charge < -0.3 is 0 Å². The average Bonchev–Trinajstić information content (AvgIpc) is 2.71. The number of halogens is 6. The van der Waals surface area contributed by atoms with E-state index < -0.39 is 40.8 Å². The second-order valence-electron chi connectivity index (χ2n) is 7.59. The van der Waals surface area contributed by atoms with E-state index in [9.17, 15) is 22.0 Å². The minimum Gasteiger partial charge on any atom is -0.207 e. The molecule has 30 heavy (non-hydrogen) atoms. The Bertz CT molecular complexity index is 1090. The second kappa shape index (κ2) is 7.82. The molecule has 3 aromatic carbocycles. The summed E-state index contributed by atoms with van der Waals surface area (Å²) in [7, 11) is 0. The molecule has 3 aromatic rings. The number of hydrogen-bond acceptors (Lipinski definition) is 0. The quantitative estimate of drug-likeness (QED) is 0.315. The molecule has 0 heterocycles. The molecule has 0 amide bonds. The number of hydrogen-bond donors (Lipinski definition) is 0. The average molecular weight is 420 g/mol. The van der Waals surface area contributed by atoms with E-state index in [0.29, 0.717) is 29.5 Å². The molecule has 0 nitrogen and oxygen atoms in total. The molecule has 0 spiro atoms. The lowest BCUT2D eigenvalue weighted by atomic mass is 9.78. The molecule has 1 aliphatic rings. The summed E-state index contributed by atoms with van der Waals surface area (Å²) in [6.45, 7) is 1.81. The molecule has 0 saturated carbocycles. The highest BCUT2D eigenvalue weighted by Crippen LogP contribution is 2.39. The smallest absolute Gasteiger partial charge is 0.194 e. The summed E-state index contributed by atoms with van der Waals surface area (Å²) in [5, 5.41) is 0. The molecule has 1 aliphatic carbocycles. The van der Waals surface area contributed by atoms with Crippen molar-refractivity contribution < 1.29 is 26.3 Å². The predicted molar refractivity (Wildman–Crippen MR) is 102 cm³/mol. The van der Waals surface area contributed by atoms with Crippen molar-refractivity contribution in [3.05, 3.63) is 93.6 Å². The van der Waals surface area contributed by atoms with Gasteiger partial charge in [0.15, 0.2) is 17.5 Å². The van der Waals surface area contributed by atoms with Crippen molar-refractivity contribution in [3.63, 3.8) is 0 Å². The van der Waals surface area contributed by atoms with Crippen LogP contribution in [0.4, 0.5) is 26.3 Å². The fourth-order valence-electron chi connectivity index (χ4n) is 4.22. The normalized spacial score (nSPS) is 15.9. The van der Waals surface area contributed by atoms with Gasteiger partial charge in [-0.05, 0) is 78.1 Å². The van der Waals surface area contributed by atoms with Crippen molar-refractivity contribution in [3.8, 4) is 11.1 Å². The van der Waals surface area contributed by atoms with Crippen LogP contribution in [0.25, 0.3) is 11.1 Å². The Balaban J connectivity index is 1.70. The Labute approximate surface area is 170 Å². The molecular weight excluding hydrogens is 402 g/mol. The third-order valence-corrected chi connectivity index (χ3v) is 5.80. The fraction of sp³-hybridized carbons (Fsp3) is 0.250. The molecule has 0 fully saturated rings. The monoisotopic (exact) mass is 420 g/mol. The summed E-state index contributed by atoms with van der Waals surface area (Å²) >= 11 is 0. The first-order chi connectivity index (χ1) is 14.3. The molecule has 0 aromatic heterocycles. The number of benzene rings is 3. The van der Waals surface area contributed by atoms with Gasteiger partial charge in [-0.25, -0.2) is 26.3 Å². The van der Waals surface area contributed by atoms with E-state index in [2.05, 4.69) is 0 Å². The van der Waals surface area contributed by atoms with Crippen LogP contribution in [0.3, 0.4) is 0 Å². The molecule has 0 saturated heterocycles. The van der Waals surface area contributed by atoms with Gasteiger partial charge in [-0.2, -0.15) is 0 Å². The Hall–Kier alpha value is -2.76. The van der Waals surface area contributed by atoms with Crippen molar-refractivity contribution >= 4 is 0 Å². The summed E-state index contributed by atoms with van der Waals surface area (Å²) < 4.78 is 84.5. The summed E-state index contributed by atoms with van der Waals surface area (Å²) in [4.78, 5) is 0. The predicted octanol–water partition coefficient (Wildman–Crippen LogP) is 7.02. The maximum Gasteiger partial charge on any atom is 0.194 e. The van der Waals surface area contributed by atoms with Crippen molar-refractivity contribution in [2.75, 3.05) is 0 Å². The first-order valence-corrected chi connectivity index (χ1v) is 9.73. The van der Waals surface area contributed by atoms with E-state index in [4.69, 9.17) is 0 Å². The molecule has 4 rings (SSSR count). The highest BCUT2D eigenvalue weighted by Gasteiger charge is 2.28. The summed E-state index contributed by atoms with van der Waals surface area (Å²) in [6.07, 6.45) is 1.32. The number of aryl methyl sites for hydroxylation is 1. The van der Waals surface area contributed by atoms with Crippen LogP contribution in [0, 0.1) is 34.9 Å². The fourth-order valence-corrected chi connectivity index (χ4v) is 4.22. The van der Waals surface area contributed by atoms with Crippen molar-refractivity contribution in [2.45, 2.75) is 38.5 Å². The number of fused-ring (bicyclic) bond motifs is 1. The van der Waals surface area contributed by atoms with E-state index in [-0.39, 0.29) is 29.5 Å². The lowest BCUT2D eigenvalue weighted by molar-refractivity contribution is 0.447. The van der Waals surface area contributed by atoms with Gasteiger partial charge in [0.05, 0.1) is 0 Å². The summed E-state index contributed by atoms with van der Waals surface area (Å²) in [6, 6.07) is 7.10. The van der Waals surface area contributed by atoms with Crippen LogP contribution in [0.2, 0.25) is 0 Å². The third-order valence-electron chi connectivity index (χ3n) is 5.80.